The summed E-state index contributed by atoms with van der Waals surface area (Å²) in [5.41, 5.74) is 6.04. The van der Waals surface area contributed by atoms with Gasteiger partial charge in [-0.25, -0.2) is 15.0 Å². The molecule has 3 saturated heterocycles. The van der Waals surface area contributed by atoms with Gasteiger partial charge in [0, 0.05) is 132 Å². The lowest BCUT2D eigenvalue weighted by Crippen LogP contribution is -2.48. The molecule has 0 unspecified atom stereocenters. The highest BCUT2D eigenvalue weighted by molar-refractivity contribution is 5.77. The fraction of sp³-hybridized carbons (Fsp3) is 0.429. The third kappa shape index (κ3) is 8.17. The van der Waals surface area contributed by atoms with E-state index >= 15 is 0 Å². The number of benzene rings is 3. The fourth-order valence-corrected chi connectivity index (χ4v) is 7.54. The largest absolute Gasteiger partial charge is 0.368 e. The average molecular weight is 730 g/mol. The van der Waals surface area contributed by atoms with Crippen LogP contribution in [0.3, 0.4) is 0 Å². The first kappa shape index (κ1) is 36.8. The minimum absolute atomic E-state index is 0.210. The van der Waals surface area contributed by atoms with E-state index in [1.807, 2.05) is 35.5 Å². The Morgan fingerprint density at radius 1 is 0.389 bits per heavy atom. The molecule has 282 valence electrons. The predicted molar refractivity (Wildman–Crippen MR) is 213 cm³/mol. The topological polar surface area (TPSA) is 109 Å². The molecule has 0 saturated carbocycles. The second kappa shape index (κ2) is 16.7. The Labute approximate surface area is 318 Å². The average Bonchev–Trinajstić information content (AvgIpc) is 3.25. The maximum absolute atomic E-state index is 12.2. The van der Waals surface area contributed by atoms with Crippen molar-refractivity contribution in [3.8, 4) is 34.2 Å². The number of rotatable bonds is 9. The number of carbonyl (C=O) groups excluding carboxylic acids is 3. The maximum atomic E-state index is 12.2. The van der Waals surface area contributed by atoms with Gasteiger partial charge in [-0.1, -0.05) is 20.8 Å². The number of hydrogen-bond acceptors (Lipinski definition) is 9. The van der Waals surface area contributed by atoms with Crippen LogP contribution in [0.15, 0.2) is 72.8 Å². The second-order valence-corrected chi connectivity index (χ2v) is 14.1. The van der Waals surface area contributed by atoms with Gasteiger partial charge in [0.1, 0.15) is 0 Å². The fourth-order valence-electron chi connectivity index (χ4n) is 7.54. The van der Waals surface area contributed by atoms with Crippen LogP contribution in [0.5, 0.6) is 0 Å². The number of anilines is 3. The van der Waals surface area contributed by atoms with Crippen molar-refractivity contribution in [2.24, 2.45) is 0 Å². The molecule has 3 amide bonds. The van der Waals surface area contributed by atoms with Crippen LogP contribution in [0.25, 0.3) is 34.2 Å². The van der Waals surface area contributed by atoms with Gasteiger partial charge in [0.05, 0.1) is 0 Å². The van der Waals surface area contributed by atoms with Crippen molar-refractivity contribution in [1.82, 2.24) is 29.7 Å². The van der Waals surface area contributed by atoms with Gasteiger partial charge in [-0.3, -0.25) is 14.4 Å². The standard InChI is InChI=1S/C42H51N9O3/c1-4-37(52)49-25-19-46(20-26-49)34-13-7-31(8-14-34)40-43-41(32-9-15-35(16-10-32)47-21-27-50(28-22-47)38(53)5-2)45-42(44-40)33-11-17-36(18-12-33)48-23-29-51(30-24-48)39(54)6-3/h7-18H,4-6,19-30H2,1-3H3. The smallest absolute Gasteiger partial charge is 0.222 e. The van der Waals surface area contributed by atoms with Gasteiger partial charge >= 0.3 is 0 Å². The van der Waals surface area contributed by atoms with Crippen molar-refractivity contribution in [1.29, 1.82) is 0 Å². The van der Waals surface area contributed by atoms with Gasteiger partial charge in [0.25, 0.3) is 0 Å². The Bertz CT molecular complexity index is 1680. The zero-order valence-electron chi connectivity index (χ0n) is 31.8. The Hall–Kier alpha value is -5.52. The molecule has 54 heavy (non-hydrogen) atoms. The monoisotopic (exact) mass is 729 g/mol. The number of piperazine rings is 3. The van der Waals surface area contributed by atoms with E-state index in [4.69, 9.17) is 15.0 Å². The molecule has 4 heterocycles. The van der Waals surface area contributed by atoms with Gasteiger partial charge in [-0.15, -0.1) is 0 Å². The molecule has 0 radical (unpaired) electrons. The summed E-state index contributed by atoms with van der Waals surface area (Å²) in [5, 5.41) is 0. The van der Waals surface area contributed by atoms with E-state index in [1.54, 1.807) is 0 Å². The molecular weight excluding hydrogens is 679 g/mol. The van der Waals surface area contributed by atoms with E-state index < -0.39 is 0 Å². The van der Waals surface area contributed by atoms with Crippen molar-refractivity contribution in [2.45, 2.75) is 40.0 Å². The van der Waals surface area contributed by atoms with Crippen molar-refractivity contribution in [3.63, 3.8) is 0 Å². The van der Waals surface area contributed by atoms with Crippen LogP contribution in [0, 0.1) is 0 Å². The molecule has 4 aromatic rings. The molecule has 1 aromatic heterocycles. The molecule has 12 heteroatoms. The predicted octanol–water partition coefficient (Wildman–Crippen LogP) is 5.05. The zero-order valence-corrected chi connectivity index (χ0v) is 31.8. The third-order valence-electron chi connectivity index (χ3n) is 10.9. The molecule has 0 spiro atoms. The summed E-state index contributed by atoms with van der Waals surface area (Å²) in [6, 6.07) is 25.1. The maximum Gasteiger partial charge on any atom is 0.222 e. The van der Waals surface area contributed by atoms with Gasteiger partial charge < -0.3 is 29.4 Å². The molecule has 3 aromatic carbocycles. The van der Waals surface area contributed by atoms with Crippen LogP contribution in [0.4, 0.5) is 17.1 Å². The van der Waals surface area contributed by atoms with Crippen molar-refractivity contribution in [2.75, 3.05) is 93.2 Å². The van der Waals surface area contributed by atoms with Crippen molar-refractivity contribution in [3.05, 3.63) is 72.8 Å². The molecule has 0 N–H and O–H groups in total. The Morgan fingerprint density at radius 3 is 0.815 bits per heavy atom. The van der Waals surface area contributed by atoms with Crippen LogP contribution >= 0.6 is 0 Å². The van der Waals surface area contributed by atoms with Gasteiger partial charge in [-0.2, -0.15) is 0 Å². The van der Waals surface area contributed by atoms with E-state index in [0.29, 0.717) is 36.7 Å². The van der Waals surface area contributed by atoms with E-state index in [0.717, 1.165) is 112 Å². The first-order chi connectivity index (χ1) is 26.3. The molecule has 12 nitrogen and oxygen atoms in total. The van der Waals surface area contributed by atoms with Gasteiger partial charge in [0.15, 0.2) is 17.5 Å². The Balaban J connectivity index is 1.13. The number of amides is 3. The number of hydrogen-bond donors (Lipinski definition) is 0. The van der Waals surface area contributed by atoms with Crippen LogP contribution in [-0.4, -0.2) is 126 Å². The van der Waals surface area contributed by atoms with Crippen molar-refractivity contribution >= 4 is 34.8 Å². The third-order valence-corrected chi connectivity index (χ3v) is 10.9. The van der Waals surface area contributed by atoms with Crippen LogP contribution in [0.2, 0.25) is 0 Å². The van der Waals surface area contributed by atoms with E-state index in [-0.39, 0.29) is 17.7 Å². The lowest BCUT2D eigenvalue weighted by molar-refractivity contribution is -0.131. The molecule has 0 aliphatic carbocycles. The quantitative estimate of drug-likeness (QED) is 0.234. The first-order valence-corrected chi connectivity index (χ1v) is 19.5. The lowest BCUT2D eigenvalue weighted by Gasteiger charge is -2.36. The van der Waals surface area contributed by atoms with Crippen molar-refractivity contribution < 1.29 is 14.4 Å². The number of nitrogens with zero attached hydrogens (tertiary/aromatic N) is 9. The van der Waals surface area contributed by atoms with Gasteiger partial charge in [0.2, 0.25) is 17.7 Å². The van der Waals surface area contributed by atoms with E-state index in [2.05, 4.69) is 87.5 Å². The molecule has 0 atom stereocenters. The van der Waals surface area contributed by atoms with Crippen LogP contribution < -0.4 is 14.7 Å². The number of carbonyl (C=O) groups is 3. The lowest BCUT2D eigenvalue weighted by atomic mass is 10.1. The molecule has 3 aliphatic rings. The molecule has 3 fully saturated rings. The number of aromatic nitrogens is 3. The normalized spacial score (nSPS) is 16.5. The summed E-state index contributed by atoms with van der Waals surface area (Å²) in [6.45, 7) is 14.9. The van der Waals surface area contributed by atoms with E-state index in [9.17, 15) is 14.4 Å². The molecular formula is C42H51N9O3. The summed E-state index contributed by atoms with van der Waals surface area (Å²) in [7, 11) is 0. The second-order valence-electron chi connectivity index (χ2n) is 14.1. The SMILES string of the molecule is CCC(=O)N1CCN(c2ccc(-c3nc(-c4ccc(N5CCN(C(=O)CC)CC5)cc4)nc(-c4ccc(N5CCN(C(=O)CC)CC5)cc4)n3)cc2)CC1. The first-order valence-electron chi connectivity index (χ1n) is 19.5. The highest BCUT2D eigenvalue weighted by Gasteiger charge is 2.23. The summed E-state index contributed by atoms with van der Waals surface area (Å²) in [4.78, 5) is 64.4. The van der Waals surface area contributed by atoms with Crippen LogP contribution in [0.1, 0.15) is 40.0 Å². The summed E-state index contributed by atoms with van der Waals surface area (Å²) in [5.74, 6) is 2.43. The Kier molecular flexibility index (Phi) is 11.4. The zero-order chi connectivity index (χ0) is 37.6. The summed E-state index contributed by atoms with van der Waals surface area (Å²) >= 11 is 0. The minimum atomic E-state index is 0.210. The van der Waals surface area contributed by atoms with Crippen LogP contribution in [-0.2, 0) is 14.4 Å². The summed E-state index contributed by atoms with van der Waals surface area (Å²) < 4.78 is 0. The Morgan fingerprint density at radius 2 is 0.611 bits per heavy atom. The van der Waals surface area contributed by atoms with E-state index in [1.165, 1.54) is 0 Å². The minimum Gasteiger partial charge on any atom is -0.368 e. The van der Waals surface area contributed by atoms with Gasteiger partial charge in [-0.05, 0) is 72.8 Å². The highest BCUT2D eigenvalue weighted by atomic mass is 16.2. The summed E-state index contributed by atoms with van der Waals surface area (Å²) in [6.07, 6.45) is 1.62. The highest BCUT2D eigenvalue weighted by Crippen LogP contribution is 2.29. The molecule has 7 rings (SSSR count). The molecule has 3 aliphatic heterocycles. The molecule has 0 bridgehead atoms.